The molecule has 3 rings (SSSR count). The van der Waals surface area contributed by atoms with Crippen LogP contribution in [-0.2, 0) is 11.0 Å². The Morgan fingerprint density at radius 3 is 2.68 bits per heavy atom. The number of nitrogens with one attached hydrogen (secondary N) is 3. The van der Waals surface area contributed by atoms with E-state index in [0.29, 0.717) is 24.3 Å². The second-order valence-electron chi connectivity index (χ2n) is 6.41. The highest BCUT2D eigenvalue weighted by atomic mass is 19.4. The van der Waals surface area contributed by atoms with Crippen molar-refractivity contribution in [2.75, 3.05) is 11.9 Å². The van der Waals surface area contributed by atoms with E-state index in [1.165, 1.54) is 18.2 Å². The van der Waals surface area contributed by atoms with Gasteiger partial charge in [-0.15, -0.1) is 0 Å². The number of carbonyl (C=O) groups is 1. The first-order valence-electron chi connectivity index (χ1n) is 8.55. The molecule has 0 saturated carbocycles. The van der Waals surface area contributed by atoms with E-state index in [0.717, 1.165) is 6.07 Å². The third-order valence-corrected chi connectivity index (χ3v) is 4.35. The van der Waals surface area contributed by atoms with E-state index >= 15 is 0 Å². The van der Waals surface area contributed by atoms with Crippen LogP contribution in [-0.4, -0.2) is 30.4 Å². The molecule has 1 heterocycles. The van der Waals surface area contributed by atoms with Crippen LogP contribution >= 0.6 is 0 Å². The summed E-state index contributed by atoms with van der Waals surface area (Å²) in [5.41, 5.74) is 4.80. The largest absolute Gasteiger partial charge is 0.489 e. The first-order valence-corrected chi connectivity index (χ1v) is 8.55. The summed E-state index contributed by atoms with van der Waals surface area (Å²) in [5, 5.41) is 12.8. The van der Waals surface area contributed by atoms with E-state index in [-0.39, 0.29) is 17.6 Å². The predicted molar refractivity (Wildman–Crippen MR) is 98.4 cm³/mol. The molecule has 2 aromatic rings. The Morgan fingerprint density at radius 2 is 1.96 bits per heavy atom. The molecular weight excluding hydrogens is 373 g/mol. The summed E-state index contributed by atoms with van der Waals surface area (Å²) in [6.07, 6.45) is -4.60. The highest BCUT2D eigenvalue weighted by Gasteiger charge is 2.35. The fraction of sp³-hybridized carbons (Fsp3) is 0.263. The van der Waals surface area contributed by atoms with E-state index in [9.17, 15) is 18.0 Å². The number of para-hydroxylation sites is 1. The van der Waals surface area contributed by atoms with Crippen molar-refractivity contribution in [3.8, 4) is 5.75 Å². The summed E-state index contributed by atoms with van der Waals surface area (Å²) in [5.74, 6) is -0.140. The average molecular weight is 392 g/mol. The molecule has 2 atom stereocenters. The molecule has 0 aliphatic carbocycles. The third-order valence-electron chi connectivity index (χ3n) is 4.35. The number of nitrogens with two attached hydrogens (primary N) is 1. The van der Waals surface area contributed by atoms with Crippen LogP contribution in [0, 0.1) is 5.41 Å². The summed E-state index contributed by atoms with van der Waals surface area (Å²) in [6, 6.07) is 10.9. The van der Waals surface area contributed by atoms with Crippen LogP contribution in [0.3, 0.4) is 0 Å². The van der Waals surface area contributed by atoms with Gasteiger partial charge in [-0.25, -0.2) is 0 Å². The van der Waals surface area contributed by atoms with Gasteiger partial charge in [0.1, 0.15) is 17.7 Å². The number of amidine groups is 1. The first kappa shape index (κ1) is 19.7. The van der Waals surface area contributed by atoms with Gasteiger partial charge in [-0.3, -0.25) is 10.2 Å². The Hall–Kier alpha value is -3.07. The Bertz CT molecular complexity index is 885. The standard InChI is InChI=1S/C19H19F3N4O2/c20-19(21,22)14-6-1-2-7-15(14)26-18(27)16-9-13(10-25-16)28-12-5-3-4-11(8-12)17(23)24/h1-8,13,16,25H,9-10H2,(H3,23,24)(H,26,27). The van der Waals surface area contributed by atoms with Gasteiger partial charge in [0.2, 0.25) is 5.91 Å². The number of nitrogen functional groups attached to an aromatic ring is 1. The van der Waals surface area contributed by atoms with Crippen LogP contribution in [0.25, 0.3) is 0 Å². The molecule has 28 heavy (non-hydrogen) atoms. The highest BCUT2D eigenvalue weighted by Crippen LogP contribution is 2.34. The number of carbonyl (C=O) groups excluding carboxylic acids is 1. The average Bonchev–Trinajstić information content (AvgIpc) is 3.10. The van der Waals surface area contributed by atoms with Crippen LogP contribution in [0.2, 0.25) is 0 Å². The molecular formula is C19H19F3N4O2. The van der Waals surface area contributed by atoms with Gasteiger partial charge in [-0.05, 0) is 24.3 Å². The second kappa shape index (κ2) is 7.89. The van der Waals surface area contributed by atoms with E-state index in [4.69, 9.17) is 15.9 Å². The molecule has 2 unspecified atom stereocenters. The Balaban J connectivity index is 1.62. The molecule has 1 amide bonds. The molecule has 0 aromatic heterocycles. The zero-order chi connectivity index (χ0) is 20.3. The quantitative estimate of drug-likeness (QED) is 0.464. The minimum absolute atomic E-state index is 0.0874. The van der Waals surface area contributed by atoms with Gasteiger partial charge in [0.25, 0.3) is 0 Å². The van der Waals surface area contributed by atoms with Crippen molar-refractivity contribution in [2.45, 2.75) is 24.7 Å². The zero-order valence-electron chi connectivity index (χ0n) is 14.7. The number of rotatable bonds is 5. The van der Waals surface area contributed by atoms with Crippen LogP contribution in [0.5, 0.6) is 5.75 Å². The maximum absolute atomic E-state index is 13.1. The van der Waals surface area contributed by atoms with Crippen molar-refractivity contribution in [1.29, 1.82) is 5.41 Å². The number of anilines is 1. The molecule has 1 fully saturated rings. The lowest BCUT2D eigenvalue weighted by Gasteiger charge is -2.16. The first-order chi connectivity index (χ1) is 13.2. The SMILES string of the molecule is N=C(N)c1cccc(OC2CNC(C(=O)Nc3ccccc3C(F)(F)F)C2)c1. The molecule has 6 nitrogen and oxygen atoms in total. The third kappa shape index (κ3) is 4.61. The summed E-state index contributed by atoms with van der Waals surface area (Å²) in [4.78, 5) is 12.4. The smallest absolute Gasteiger partial charge is 0.418 e. The van der Waals surface area contributed by atoms with E-state index in [1.54, 1.807) is 24.3 Å². The fourth-order valence-corrected chi connectivity index (χ4v) is 2.98. The lowest BCUT2D eigenvalue weighted by Crippen LogP contribution is -2.36. The predicted octanol–water partition coefficient (Wildman–Crippen LogP) is 2.74. The molecule has 1 aliphatic heterocycles. The Labute approximate surface area is 159 Å². The molecule has 0 spiro atoms. The van der Waals surface area contributed by atoms with Gasteiger partial charge < -0.3 is 21.1 Å². The number of ether oxygens (including phenoxy) is 1. The van der Waals surface area contributed by atoms with Gasteiger partial charge in [0, 0.05) is 18.5 Å². The van der Waals surface area contributed by atoms with Crippen LogP contribution in [0.1, 0.15) is 17.5 Å². The number of hydrogen-bond donors (Lipinski definition) is 4. The maximum atomic E-state index is 13.1. The lowest BCUT2D eigenvalue weighted by molar-refractivity contribution is -0.137. The minimum Gasteiger partial charge on any atom is -0.489 e. The van der Waals surface area contributed by atoms with Gasteiger partial charge in [-0.1, -0.05) is 24.3 Å². The number of hydrogen-bond acceptors (Lipinski definition) is 4. The second-order valence-corrected chi connectivity index (χ2v) is 6.41. The summed E-state index contributed by atoms with van der Waals surface area (Å²) in [6.45, 7) is 0.364. The van der Waals surface area contributed by atoms with Crippen molar-refractivity contribution in [3.63, 3.8) is 0 Å². The van der Waals surface area contributed by atoms with Gasteiger partial charge in [-0.2, -0.15) is 13.2 Å². The molecule has 5 N–H and O–H groups in total. The minimum atomic E-state index is -4.56. The van der Waals surface area contributed by atoms with E-state index in [2.05, 4.69) is 10.6 Å². The number of benzene rings is 2. The van der Waals surface area contributed by atoms with Crippen molar-refractivity contribution in [1.82, 2.24) is 5.32 Å². The van der Waals surface area contributed by atoms with Crippen molar-refractivity contribution >= 4 is 17.4 Å². The molecule has 148 valence electrons. The Morgan fingerprint density at radius 1 is 1.21 bits per heavy atom. The molecule has 2 aromatic carbocycles. The fourth-order valence-electron chi connectivity index (χ4n) is 2.98. The normalized spacial score (nSPS) is 19.2. The maximum Gasteiger partial charge on any atom is 0.418 e. The van der Waals surface area contributed by atoms with Crippen molar-refractivity contribution in [3.05, 3.63) is 59.7 Å². The van der Waals surface area contributed by atoms with Crippen LogP contribution < -0.4 is 21.1 Å². The lowest BCUT2D eigenvalue weighted by atomic mass is 10.1. The molecule has 9 heteroatoms. The van der Waals surface area contributed by atoms with E-state index in [1.807, 2.05) is 0 Å². The van der Waals surface area contributed by atoms with Gasteiger partial charge in [0.05, 0.1) is 17.3 Å². The molecule has 1 aliphatic rings. The number of alkyl halides is 3. The molecule has 1 saturated heterocycles. The monoisotopic (exact) mass is 392 g/mol. The number of halogens is 3. The van der Waals surface area contributed by atoms with Gasteiger partial charge in [0.15, 0.2) is 0 Å². The number of amides is 1. The topological polar surface area (TPSA) is 100 Å². The van der Waals surface area contributed by atoms with Crippen LogP contribution in [0.4, 0.5) is 18.9 Å². The summed E-state index contributed by atoms with van der Waals surface area (Å²) < 4.78 is 45.0. The molecule has 0 radical (unpaired) electrons. The van der Waals surface area contributed by atoms with E-state index < -0.39 is 23.7 Å². The van der Waals surface area contributed by atoms with Gasteiger partial charge >= 0.3 is 6.18 Å². The highest BCUT2D eigenvalue weighted by molar-refractivity contribution is 5.96. The summed E-state index contributed by atoms with van der Waals surface area (Å²) >= 11 is 0. The van der Waals surface area contributed by atoms with Crippen LogP contribution in [0.15, 0.2) is 48.5 Å². The summed E-state index contributed by atoms with van der Waals surface area (Å²) in [7, 11) is 0. The Kier molecular flexibility index (Phi) is 5.55. The molecule has 0 bridgehead atoms. The zero-order valence-corrected chi connectivity index (χ0v) is 14.7. The van der Waals surface area contributed by atoms with Crippen molar-refractivity contribution < 1.29 is 22.7 Å². The van der Waals surface area contributed by atoms with Crippen molar-refractivity contribution in [2.24, 2.45) is 5.73 Å².